The van der Waals surface area contributed by atoms with Crippen molar-refractivity contribution >= 4 is 0 Å². The Morgan fingerprint density at radius 3 is 2.59 bits per heavy atom. The molecule has 4 nitrogen and oxygen atoms in total. The molecule has 1 rings (SSSR count). The lowest BCUT2D eigenvalue weighted by Crippen LogP contribution is -2.35. The molecule has 96 valence electrons. The summed E-state index contributed by atoms with van der Waals surface area (Å²) in [7, 11) is 1.46. The second-order valence-electron chi connectivity index (χ2n) is 3.42. The predicted molar refractivity (Wildman–Crippen MR) is 56.6 cm³/mol. The van der Waals surface area contributed by atoms with Gasteiger partial charge in [-0.3, -0.25) is 0 Å². The maximum atomic E-state index is 12.0. The molecule has 1 aromatic heterocycles. The van der Waals surface area contributed by atoms with Crippen LogP contribution in [0, 0.1) is 0 Å². The quantitative estimate of drug-likeness (QED) is 0.824. The zero-order chi connectivity index (χ0) is 12.9. The number of nitrogens with two attached hydrogens (primary N) is 1. The number of pyridine rings is 1. The van der Waals surface area contributed by atoms with Crippen LogP contribution in [0.25, 0.3) is 0 Å². The summed E-state index contributed by atoms with van der Waals surface area (Å²) in [5.74, 6) is 0.403. The van der Waals surface area contributed by atoms with E-state index in [4.69, 9.17) is 10.5 Å². The summed E-state index contributed by atoms with van der Waals surface area (Å²) in [6.07, 6.45) is -2.81. The van der Waals surface area contributed by atoms with Crippen LogP contribution < -0.4 is 15.8 Å². The Balaban J connectivity index is 2.66. The summed E-state index contributed by atoms with van der Waals surface area (Å²) in [4.78, 5) is 3.91. The standard InChI is InChI=1S/C10H14F3N3O/c1-17-9-3-2-7(5-15-9)8(4-14)16-6-10(11,12)13/h2-3,5,8,16H,4,6,14H2,1H3. The van der Waals surface area contributed by atoms with E-state index in [0.29, 0.717) is 11.4 Å². The number of hydrogen-bond donors (Lipinski definition) is 2. The van der Waals surface area contributed by atoms with Gasteiger partial charge in [-0.25, -0.2) is 4.98 Å². The van der Waals surface area contributed by atoms with Crippen LogP contribution in [0.15, 0.2) is 18.3 Å². The van der Waals surface area contributed by atoms with Gasteiger partial charge in [0.25, 0.3) is 0 Å². The molecule has 17 heavy (non-hydrogen) atoms. The Morgan fingerprint density at radius 1 is 1.47 bits per heavy atom. The summed E-state index contributed by atoms with van der Waals surface area (Å²) in [6, 6.07) is 2.63. The molecule has 0 bridgehead atoms. The van der Waals surface area contributed by atoms with Gasteiger partial charge in [-0.05, 0) is 5.56 Å². The highest BCUT2D eigenvalue weighted by atomic mass is 19.4. The van der Waals surface area contributed by atoms with Gasteiger partial charge in [0.05, 0.1) is 13.7 Å². The zero-order valence-corrected chi connectivity index (χ0v) is 9.29. The Labute approximate surface area is 97.0 Å². The van der Waals surface area contributed by atoms with Crippen molar-refractivity contribution in [2.75, 3.05) is 20.2 Å². The van der Waals surface area contributed by atoms with Gasteiger partial charge in [-0.2, -0.15) is 13.2 Å². The topological polar surface area (TPSA) is 60.2 Å². The van der Waals surface area contributed by atoms with Crippen molar-refractivity contribution in [1.29, 1.82) is 0 Å². The number of hydrogen-bond acceptors (Lipinski definition) is 4. The molecule has 0 aliphatic heterocycles. The molecule has 0 spiro atoms. The monoisotopic (exact) mass is 249 g/mol. The summed E-state index contributed by atoms with van der Waals surface area (Å²) in [5.41, 5.74) is 6.01. The first-order chi connectivity index (χ1) is 7.96. The summed E-state index contributed by atoms with van der Waals surface area (Å²) >= 11 is 0. The van der Waals surface area contributed by atoms with Crippen molar-refractivity contribution in [2.24, 2.45) is 5.73 Å². The van der Waals surface area contributed by atoms with Gasteiger partial charge in [0.1, 0.15) is 0 Å². The highest BCUT2D eigenvalue weighted by Gasteiger charge is 2.28. The minimum absolute atomic E-state index is 0.0596. The fourth-order valence-electron chi connectivity index (χ4n) is 1.29. The summed E-state index contributed by atoms with van der Waals surface area (Å²) in [6.45, 7) is -1.02. The molecule has 0 aliphatic rings. The van der Waals surface area contributed by atoms with Gasteiger partial charge in [0.2, 0.25) is 5.88 Å². The fraction of sp³-hybridized carbons (Fsp3) is 0.500. The molecule has 0 saturated heterocycles. The molecule has 1 atom stereocenters. The highest BCUT2D eigenvalue weighted by Crippen LogP contribution is 2.17. The van der Waals surface area contributed by atoms with E-state index in [1.165, 1.54) is 13.3 Å². The SMILES string of the molecule is COc1ccc(C(CN)NCC(F)(F)F)cn1. The number of nitrogens with zero attached hydrogens (tertiary/aromatic N) is 1. The van der Waals surface area contributed by atoms with Crippen LogP contribution in [-0.2, 0) is 0 Å². The van der Waals surface area contributed by atoms with Crippen molar-refractivity contribution in [3.8, 4) is 5.88 Å². The van der Waals surface area contributed by atoms with E-state index in [9.17, 15) is 13.2 Å². The van der Waals surface area contributed by atoms with Crippen LogP contribution in [0.1, 0.15) is 11.6 Å². The molecule has 1 heterocycles. The largest absolute Gasteiger partial charge is 0.481 e. The lowest BCUT2D eigenvalue weighted by atomic mass is 10.1. The molecule has 1 unspecified atom stereocenters. The average molecular weight is 249 g/mol. The van der Waals surface area contributed by atoms with Crippen molar-refractivity contribution in [2.45, 2.75) is 12.2 Å². The minimum atomic E-state index is -4.26. The predicted octanol–water partition coefficient (Wildman–Crippen LogP) is 1.24. The second-order valence-corrected chi connectivity index (χ2v) is 3.42. The van der Waals surface area contributed by atoms with Crippen LogP contribution in [0.4, 0.5) is 13.2 Å². The normalized spacial score (nSPS) is 13.5. The van der Waals surface area contributed by atoms with E-state index in [2.05, 4.69) is 10.3 Å². The van der Waals surface area contributed by atoms with Crippen LogP contribution in [0.3, 0.4) is 0 Å². The number of ether oxygens (including phenoxy) is 1. The van der Waals surface area contributed by atoms with Crippen LogP contribution >= 0.6 is 0 Å². The molecule has 1 aromatic rings. The summed E-state index contributed by atoms with van der Waals surface area (Å²) < 4.78 is 41.0. The lowest BCUT2D eigenvalue weighted by Gasteiger charge is -2.18. The van der Waals surface area contributed by atoms with Crippen molar-refractivity contribution < 1.29 is 17.9 Å². The molecular weight excluding hydrogens is 235 g/mol. The third-order valence-corrected chi connectivity index (χ3v) is 2.16. The van der Waals surface area contributed by atoms with Gasteiger partial charge in [0, 0.05) is 24.8 Å². The minimum Gasteiger partial charge on any atom is -0.481 e. The Morgan fingerprint density at radius 2 is 2.18 bits per heavy atom. The third-order valence-electron chi connectivity index (χ3n) is 2.16. The van der Waals surface area contributed by atoms with E-state index in [-0.39, 0.29) is 6.54 Å². The van der Waals surface area contributed by atoms with E-state index in [0.717, 1.165) is 0 Å². The van der Waals surface area contributed by atoms with Crippen molar-refractivity contribution in [3.05, 3.63) is 23.9 Å². The second kappa shape index (κ2) is 5.83. The Bertz CT molecular complexity index is 340. The van der Waals surface area contributed by atoms with E-state index >= 15 is 0 Å². The van der Waals surface area contributed by atoms with Gasteiger partial charge in [-0.1, -0.05) is 6.07 Å². The van der Waals surface area contributed by atoms with Gasteiger partial charge in [0.15, 0.2) is 0 Å². The summed E-state index contributed by atoms with van der Waals surface area (Å²) in [5, 5.41) is 2.33. The number of halogens is 3. The number of aromatic nitrogens is 1. The highest BCUT2D eigenvalue weighted by molar-refractivity contribution is 5.21. The first-order valence-corrected chi connectivity index (χ1v) is 4.96. The molecule has 7 heteroatoms. The molecule has 0 fully saturated rings. The lowest BCUT2D eigenvalue weighted by molar-refractivity contribution is -0.126. The van der Waals surface area contributed by atoms with E-state index < -0.39 is 18.8 Å². The third kappa shape index (κ3) is 4.58. The van der Waals surface area contributed by atoms with Crippen molar-refractivity contribution in [1.82, 2.24) is 10.3 Å². The van der Waals surface area contributed by atoms with Crippen molar-refractivity contribution in [3.63, 3.8) is 0 Å². The molecule has 0 saturated carbocycles. The first-order valence-electron chi connectivity index (χ1n) is 4.96. The molecule has 0 aromatic carbocycles. The number of rotatable bonds is 5. The molecule has 3 N–H and O–H groups in total. The average Bonchev–Trinajstić information content (AvgIpc) is 2.29. The number of alkyl halides is 3. The first kappa shape index (κ1) is 13.7. The van der Waals surface area contributed by atoms with E-state index in [1.807, 2.05) is 0 Å². The van der Waals surface area contributed by atoms with Crippen LogP contribution in [0.2, 0.25) is 0 Å². The Hall–Kier alpha value is -1.34. The van der Waals surface area contributed by atoms with Crippen LogP contribution in [-0.4, -0.2) is 31.4 Å². The van der Waals surface area contributed by atoms with Gasteiger partial charge in [-0.15, -0.1) is 0 Å². The van der Waals surface area contributed by atoms with Gasteiger partial charge >= 0.3 is 6.18 Å². The van der Waals surface area contributed by atoms with Gasteiger partial charge < -0.3 is 15.8 Å². The fourth-order valence-corrected chi connectivity index (χ4v) is 1.29. The molecule has 0 radical (unpaired) electrons. The number of nitrogens with one attached hydrogen (secondary N) is 1. The molecule has 0 aliphatic carbocycles. The van der Waals surface area contributed by atoms with E-state index in [1.54, 1.807) is 12.1 Å². The smallest absolute Gasteiger partial charge is 0.401 e. The maximum absolute atomic E-state index is 12.0. The van der Waals surface area contributed by atoms with Crippen LogP contribution in [0.5, 0.6) is 5.88 Å². The number of methoxy groups -OCH3 is 1. The zero-order valence-electron chi connectivity index (χ0n) is 9.29. The molecule has 0 amide bonds. The maximum Gasteiger partial charge on any atom is 0.401 e. The molecular formula is C10H14F3N3O. The Kier molecular flexibility index (Phi) is 4.71.